The lowest BCUT2D eigenvalue weighted by Crippen LogP contribution is -2.47. The molecule has 47 heavy (non-hydrogen) atoms. The minimum absolute atomic E-state index is 0.0652. The predicted molar refractivity (Wildman–Crippen MR) is 181 cm³/mol. The van der Waals surface area contributed by atoms with E-state index in [0.717, 1.165) is 11.1 Å². The number of nitrogens with one attached hydrogen (secondary N) is 2. The number of rotatable bonds is 21. The van der Waals surface area contributed by atoms with Crippen LogP contribution in [0.25, 0.3) is 0 Å². The molecular formula is C38H46N2O7. The van der Waals surface area contributed by atoms with E-state index >= 15 is 0 Å². The largest absolute Gasteiger partial charge is 0.489 e. The lowest BCUT2D eigenvalue weighted by molar-refractivity contribution is -0.153. The number of amides is 2. The van der Waals surface area contributed by atoms with Gasteiger partial charge in [0, 0.05) is 20.0 Å². The molecule has 0 spiro atoms. The van der Waals surface area contributed by atoms with Gasteiger partial charge in [-0.15, -0.1) is 13.2 Å². The van der Waals surface area contributed by atoms with Crippen molar-refractivity contribution in [3.63, 3.8) is 0 Å². The number of carbonyl (C=O) groups is 3. The molecule has 0 aliphatic rings. The molecule has 0 saturated carbocycles. The first-order chi connectivity index (χ1) is 22.9. The van der Waals surface area contributed by atoms with Crippen LogP contribution in [-0.4, -0.2) is 55.3 Å². The number of aliphatic hydroxyl groups excluding tert-OH is 1. The van der Waals surface area contributed by atoms with Gasteiger partial charge in [-0.1, -0.05) is 84.9 Å². The molecule has 3 aromatic rings. The summed E-state index contributed by atoms with van der Waals surface area (Å²) in [6.07, 6.45) is 3.52. The summed E-state index contributed by atoms with van der Waals surface area (Å²) >= 11 is 0. The van der Waals surface area contributed by atoms with Crippen LogP contribution in [0.2, 0.25) is 0 Å². The van der Waals surface area contributed by atoms with Crippen LogP contribution in [0, 0.1) is 5.92 Å². The van der Waals surface area contributed by atoms with E-state index in [-0.39, 0.29) is 38.4 Å². The molecule has 0 fully saturated rings. The Hall–Kier alpha value is -4.73. The van der Waals surface area contributed by atoms with Crippen LogP contribution in [0.4, 0.5) is 0 Å². The van der Waals surface area contributed by atoms with Crippen LogP contribution in [0.1, 0.15) is 48.5 Å². The quantitative estimate of drug-likeness (QED) is 0.107. The normalized spacial score (nSPS) is 13.3. The lowest BCUT2D eigenvalue weighted by atomic mass is 9.97. The molecule has 0 heterocycles. The molecule has 0 aliphatic heterocycles. The number of esters is 1. The zero-order valence-electron chi connectivity index (χ0n) is 27.0. The van der Waals surface area contributed by atoms with Crippen molar-refractivity contribution in [2.45, 2.75) is 56.9 Å². The van der Waals surface area contributed by atoms with Crippen molar-refractivity contribution in [3.05, 3.63) is 127 Å². The van der Waals surface area contributed by atoms with E-state index < -0.39 is 36.0 Å². The van der Waals surface area contributed by atoms with Gasteiger partial charge in [0.15, 0.2) is 0 Å². The first-order valence-corrected chi connectivity index (χ1v) is 15.8. The third-order valence-corrected chi connectivity index (χ3v) is 7.47. The summed E-state index contributed by atoms with van der Waals surface area (Å²) in [7, 11) is 1.50. The van der Waals surface area contributed by atoms with Crippen LogP contribution in [0.15, 0.2) is 110 Å². The summed E-state index contributed by atoms with van der Waals surface area (Å²) < 4.78 is 17.1. The van der Waals surface area contributed by atoms with Gasteiger partial charge in [-0.3, -0.25) is 14.4 Å². The average Bonchev–Trinajstić information content (AvgIpc) is 3.09. The van der Waals surface area contributed by atoms with E-state index in [2.05, 4.69) is 23.8 Å². The predicted octanol–water partition coefficient (Wildman–Crippen LogP) is 5.25. The molecule has 3 N–H and O–H groups in total. The smallest absolute Gasteiger partial charge is 0.306 e. The maximum atomic E-state index is 13.6. The van der Waals surface area contributed by atoms with Crippen molar-refractivity contribution in [1.82, 2.24) is 10.6 Å². The highest BCUT2D eigenvalue weighted by Gasteiger charge is 2.31. The average molecular weight is 643 g/mol. The van der Waals surface area contributed by atoms with Crippen LogP contribution in [-0.2, 0) is 36.9 Å². The Balaban J connectivity index is 1.62. The second-order valence-corrected chi connectivity index (χ2v) is 11.2. The molecule has 0 saturated heterocycles. The number of aliphatic hydroxyl groups is 1. The maximum Gasteiger partial charge on any atom is 0.306 e. The summed E-state index contributed by atoms with van der Waals surface area (Å²) in [6, 6.07) is 25.2. The highest BCUT2D eigenvalue weighted by molar-refractivity contribution is 5.86. The number of hydrogen-bond acceptors (Lipinski definition) is 7. The van der Waals surface area contributed by atoms with Gasteiger partial charge in [-0.25, -0.2) is 0 Å². The van der Waals surface area contributed by atoms with Crippen LogP contribution in [0.3, 0.4) is 0 Å². The third-order valence-electron chi connectivity index (χ3n) is 7.47. The molecule has 0 bridgehead atoms. The van der Waals surface area contributed by atoms with E-state index in [1.54, 1.807) is 12.2 Å². The zero-order chi connectivity index (χ0) is 33.9. The highest BCUT2D eigenvalue weighted by Crippen LogP contribution is 2.24. The Labute approximate surface area is 277 Å². The molecule has 0 unspecified atom stereocenters. The minimum atomic E-state index is -0.815. The van der Waals surface area contributed by atoms with Crippen LogP contribution in [0.5, 0.6) is 5.75 Å². The zero-order valence-corrected chi connectivity index (χ0v) is 27.0. The fraction of sp³-hybridized carbons (Fsp3) is 0.342. The van der Waals surface area contributed by atoms with E-state index in [9.17, 15) is 19.5 Å². The highest BCUT2D eigenvalue weighted by atomic mass is 16.5. The SMILES string of the molecule is C=CCCC(=O)O[C@@H](c1ccccc1)[C@H](COC)NC(=O)[C@@H](CC=C)CC(=O)N[C@H](CO)Cc1ccc(OCc2ccccc2)cc1. The van der Waals surface area contributed by atoms with Crippen molar-refractivity contribution in [2.75, 3.05) is 20.3 Å². The number of allylic oxidation sites excluding steroid dienone is 2. The van der Waals surface area contributed by atoms with Gasteiger partial charge in [0.25, 0.3) is 0 Å². The number of hydrogen-bond donors (Lipinski definition) is 3. The van der Waals surface area contributed by atoms with Gasteiger partial charge in [0.05, 0.1) is 31.2 Å². The monoisotopic (exact) mass is 642 g/mol. The van der Waals surface area contributed by atoms with Crippen molar-refractivity contribution in [1.29, 1.82) is 0 Å². The van der Waals surface area contributed by atoms with Crippen molar-refractivity contribution in [3.8, 4) is 5.75 Å². The Kier molecular flexibility index (Phi) is 15.9. The standard InChI is InChI=1S/C38H46N2O7/c1-4-6-18-36(43)47-37(30-16-11-8-12-17-30)34(27-45-3)40-38(44)31(13-5-2)24-35(42)39-32(25-41)23-28-19-21-33(22-20-28)46-26-29-14-9-7-10-15-29/h4-5,7-12,14-17,19-22,31-32,34,37,41H,1-2,6,13,18,23-27H2,3H3,(H,39,42)(H,40,44)/t31-,32-,34-,37-/m0/s1. The minimum Gasteiger partial charge on any atom is -0.489 e. The molecular weight excluding hydrogens is 596 g/mol. The third kappa shape index (κ3) is 12.9. The van der Waals surface area contributed by atoms with Gasteiger partial charge < -0.3 is 30.0 Å². The second kappa shape index (κ2) is 20.4. The Morgan fingerprint density at radius 3 is 2.17 bits per heavy atom. The van der Waals surface area contributed by atoms with E-state index in [1.807, 2.05) is 84.9 Å². The van der Waals surface area contributed by atoms with Gasteiger partial charge in [-0.05, 0) is 48.1 Å². The first-order valence-electron chi connectivity index (χ1n) is 15.8. The number of benzene rings is 3. The summed E-state index contributed by atoms with van der Waals surface area (Å²) in [6.45, 7) is 7.66. The topological polar surface area (TPSA) is 123 Å². The van der Waals surface area contributed by atoms with Crippen LogP contribution < -0.4 is 15.4 Å². The number of ether oxygens (including phenoxy) is 3. The molecule has 3 aromatic carbocycles. The molecule has 250 valence electrons. The van der Waals surface area contributed by atoms with Crippen LogP contribution >= 0.6 is 0 Å². The molecule has 0 radical (unpaired) electrons. The van der Waals surface area contributed by atoms with Gasteiger partial charge in [0.2, 0.25) is 11.8 Å². The summed E-state index contributed by atoms with van der Waals surface area (Å²) in [5.41, 5.74) is 2.67. The van der Waals surface area contributed by atoms with Crippen molar-refractivity contribution in [2.24, 2.45) is 5.92 Å². The van der Waals surface area contributed by atoms with Crippen molar-refractivity contribution < 1.29 is 33.7 Å². The Morgan fingerprint density at radius 2 is 1.55 bits per heavy atom. The molecule has 0 aromatic heterocycles. The van der Waals surface area contributed by atoms with E-state index in [1.165, 1.54) is 7.11 Å². The van der Waals surface area contributed by atoms with E-state index in [0.29, 0.717) is 30.8 Å². The van der Waals surface area contributed by atoms with Crippen molar-refractivity contribution >= 4 is 17.8 Å². The maximum absolute atomic E-state index is 13.6. The van der Waals surface area contributed by atoms with Gasteiger partial charge in [-0.2, -0.15) is 0 Å². The first kappa shape index (κ1) is 36.7. The summed E-state index contributed by atoms with van der Waals surface area (Å²) in [4.78, 5) is 39.3. The number of methoxy groups -OCH3 is 1. The molecule has 9 heteroatoms. The van der Waals surface area contributed by atoms with Gasteiger partial charge in [0.1, 0.15) is 18.5 Å². The molecule has 3 rings (SSSR count). The number of carbonyl (C=O) groups excluding carboxylic acids is 3. The Bertz CT molecular complexity index is 1400. The second-order valence-electron chi connectivity index (χ2n) is 11.2. The molecule has 9 nitrogen and oxygen atoms in total. The molecule has 2 amide bonds. The van der Waals surface area contributed by atoms with Gasteiger partial charge >= 0.3 is 5.97 Å². The summed E-state index contributed by atoms with van der Waals surface area (Å²) in [5.74, 6) is -1.25. The van der Waals surface area contributed by atoms with E-state index in [4.69, 9.17) is 14.2 Å². The molecule has 0 aliphatic carbocycles. The lowest BCUT2D eigenvalue weighted by Gasteiger charge is -2.29. The fourth-order valence-corrected chi connectivity index (χ4v) is 5.03. The molecule has 4 atom stereocenters. The fourth-order valence-electron chi connectivity index (χ4n) is 5.03. The summed E-state index contributed by atoms with van der Waals surface area (Å²) in [5, 5.41) is 15.8. The Morgan fingerprint density at radius 1 is 0.872 bits per heavy atom.